The van der Waals surface area contributed by atoms with Crippen molar-refractivity contribution in [1.29, 1.82) is 0 Å². The zero-order valence-electron chi connectivity index (χ0n) is 13.7. The van der Waals surface area contributed by atoms with Crippen molar-refractivity contribution in [3.05, 3.63) is 34.9 Å². The summed E-state index contributed by atoms with van der Waals surface area (Å²) in [6, 6.07) is 7.48. The highest BCUT2D eigenvalue weighted by molar-refractivity contribution is 5.33. The van der Waals surface area contributed by atoms with Gasteiger partial charge in [0, 0.05) is 6.04 Å². The van der Waals surface area contributed by atoms with Crippen LogP contribution in [0.3, 0.4) is 0 Å². The Balaban J connectivity index is 2.20. The minimum absolute atomic E-state index is 0.558. The molecule has 0 heterocycles. The monoisotopic (exact) mass is 273 g/mol. The first-order valence-corrected chi connectivity index (χ1v) is 8.42. The van der Waals surface area contributed by atoms with Gasteiger partial charge in [-0.2, -0.15) is 0 Å². The fourth-order valence-electron chi connectivity index (χ4n) is 3.54. The van der Waals surface area contributed by atoms with Crippen molar-refractivity contribution in [2.45, 2.75) is 65.8 Å². The average molecular weight is 273 g/mol. The second kappa shape index (κ2) is 7.26. The second-order valence-corrected chi connectivity index (χ2v) is 6.81. The molecule has 20 heavy (non-hydrogen) atoms. The minimum Gasteiger partial charge on any atom is -0.310 e. The Morgan fingerprint density at radius 1 is 1.15 bits per heavy atom. The first kappa shape index (κ1) is 15.6. The zero-order valence-corrected chi connectivity index (χ0v) is 13.7. The predicted molar refractivity (Wildman–Crippen MR) is 88.1 cm³/mol. The highest BCUT2D eigenvalue weighted by atomic mass is 14.9. The van der Waals surface area contributed by atoms with E-state index < -0.39 is 0 Å². The normalized spacial score (nSPS) is 24.6. The molecule has 1 aliphatic rings. The van der Waals surface area contributed by atoms with Crippen LogP contribution < -0.4 is 5.32 Å². The number of rotatable bonds is 5. The van der Waals surface area contributed by atoms with E-state index in [2.05, 4.69) is 51.2 Å². The van der Waals surface area contributed by atoms with E-state index in [0.717, 1.165) is 18.4 Å². The molecule has 0 amide bonds. The second-order valence-electron chi connectivity index (χ2n) is 6.81. The largest absolute Gasteiger partial charge is 0.310 e. The van der Waals surface area contributed by atoms with E-state index in [1.165, 1.54) is 48.8 Å². The van der Waals surface area contributed by atoms with Crippen LogP contribution >= 0.6 is 0 Å². The first-order valence-electron chi connectivity index (χ1n) is 8.42. The van der Waals surface area contributed by atoms with E-state index in [-0.39, 0.29) is 0 Å². The Kier molecular flexibility index (Phi) is 5.65. The third-order valence-corrected chi connectivity index (χ3v) is 4.92. The summed E-state index contributed by atoms with van der Waals surface area (Å²) in [5.74, 6) is 1.75. The van der Waals surface area contributed by atoms with Crippen LogP contribution in [-0.4, -0.2) is 6.54 Å². The molecule has 0 bridgehead atoms. The van der Waals surface area contributed by atoms with Crippen molar-refractivity contribution in [1.82, 2.24) is 5.32 Å². The minimum atomic E-state index is 0.558. The molecule has 1 saturated carbocycles. The lowest BCUT2D eigenvalue weighted by Crippen LogP contribution is -2.32. The highest BCUT2D eigenvalue weighted by Crippen LogP contribution is 2.37. The van der Waals surface area contributed by atoms with Gasteiger partial charge in [-0.15, -0.1) is 0 Å². The molecule has 0 spiro atoms. The van der Waals surface area contributed by atoms with Crippen LogP contribution in [0, 0.1) is 25.7 Å². The number of benzene rings is 1. The SMILES string of the molecule is CCCNC(c1cc(C)ccc1C)C1CCC(C)CC1. The van der Waals surface area contributed by atoms with Crippen molar-refractivity contribution < 1.29 is 0 Å². The number of aryl methyl sites for hydroxylation is 2. The molecule has 1 aliphatic carbocycles. The van der Waals surface area contributed by atoms with Gasteiger partial charge in [0.15, 0.2) is 0 Å². The molecule has 0 aliphatic heterocycles. The van der Waals surface area contributed by atoms with Gasteiger partial charge in [-0.1, -0.05) is 50.5 Å². The Morgan fingerprint density at radius 3 is 2.50 bits per heavy atom. The number of nitrogens with one attached hydrogen (secondary N) is 1. The maximum atomic E-state index is 3.84. The maximum Gasteiger partial charge on any atom is 0.0351 e. The molecular formula is C19H31N. The number of hydrogen-bond acceptors (Lipinski definition) is 1. The molecule has 0 aromatic heterocycles. The van der Waals surface area contributed by atoms with Crippen LogP contribution in [0.2, 0.25) is 0 Å². The van der Waals surface area contributed by atoms with E-state index in [4.69, 9.17) is 0 Å². The van der Waals surface area contributed by atoms with E-state index in [0.29, 0.717) is 6.04 Å². The van der Waals surface area contributed by atoms with Crippen molar-refractivity contribution in [3.8, 4) is 0 Å². The smallest absolute Gasteiger partial charge is 0.0351 e. The summed E-state index contributed by atoms with van der Waals surface area (Å²) in [7, 11) is 0. The van der Waals surface area contributed by atoms with E-state index in [1.807, 2.05) is 0 Å². The Hall–Kier alpha value is -0.820. The molecule has 2 rings (SSSR count). The fraction of sp³-hybridized carbons (Fsp3) is 0.684. The van der Waals surface area contributed by atoms with Gasteiger partial charge >= 0.3 is 0 Å². The van der Waals surface area contributed by atoms with Gasteiger partial charge in [0.05, 0.1) is 0 Å². The van der Waals surface area contributed by atoms with Gasteiger partial charge in [0.1, 0.15) is 0 Å². The fourth-order valence-corrected chi connectivity index (χ4v) is 3.54. The lowest BCUT2D eigenvalue weighted by molar-refractivity contribution is 0.231. The van der Waals surface area contributed by atoms with Gasteiger partial charge < -0.3 is 5.32 Å². The van der Waals surface area contributed by atoms with Crippen LogP contribution in [-0.2, 0) is 0 Å². The summed E-state index contributed by atoms with van der Waals surface area (Å²) in [5.41, 5.74) is 4.37. The molecule has 1 aromatic carbocycles. The lowest BCUT2D eigenvalue weighted by Gasteiger charge is -2.34. The van der Waals surface area contributed by atoms with E-state index in [9.17, 15) is 0 Å². The molecule has 0 saturated heterocycles. The Bertz CT molecular complexity index is 416. The first-order chi connectivity index (χ1) is 9.61. The molecule has 1 aromatic rings. The van der Waals surface area contributed by atoms with Crippen molar-refractivity contribution in [2.24, 2.45) is 11.8 Å². The summed E-state index contributed by atoms with van der Waals surface area (Å²) in [5, 5.41) is 3.84. The average Bonchev–Trinajstić information content (AvgIpc) is 2.44. The topological polar surface area (TPSA) is 12.0 Å². The quantitative estimate of drug-likeness (QED) is 0.780. The Labute approximate surface area is 125 Å². The van der Waals surface area contributed by atoms with Gasteiger partial charge in [-0.25, -0.2) is 0 Å². The van der Waals surface area contributed by atoms with Crippen LogP contribution in [0.1, 0.15) is 68.7 Å². The Morgan fingerprint density at radius 2 is 1.85 bits per heavy atom. The van der Waals surface area contributed by atoms with Gasteiger partial charge in [0.2, 0.25) is 0 Å². The van der Waals surface area contributed by atoms with Gasteiger partial charge in [0.25, 0.3) is 0 Å². The lowest BCUT2D eigenvalue weighted by atomic mass is 9.76. The molecule has 1 unspecified atom stereocenters. The van der Waals surface area contributed by atoms with Crippen molar-refractivity contribution in [3.63, 3.8) is 0 Å². The van der Waals surface area contributed by atoms with E-state index >= 15 is 0 Å². The highest BCUT2D eigenvalue weighted by Gasteiger charge is 2.27. The molecule has 1 heteroatoms. The maximum absolute atomic E-state index is 3.84. The standard InChI is InChI=1S/C19H31N/c1-5-12-20-19(17-10-7-14(2)8-11-17)18-13-15(3)6-9-16(18)4/h6,9,13-14,17,19-20H,5,7-8,10-12H2,1-4H3. The van der Waals surface area contributed by atoms with Gasteiger partial charge in [-0.3, -0.25) is 0 Å². The summed E-state index contributed by atoms with van der Waals surface area (Å²) in [4.78, 5) is 0. The molecular weight excluding hydrogens is 242 g/mol. The van der Waals surface area contributed by atoms with Crippen LogP contribution in [0.5, 0.6) is 0 Å². The molecule has 1 nitrogen and oxygen atoms in total. The molecule has 1 N–H and O–H groups in total. The summed E-state index contributed by atoms with van der Waals surface area (Å²) >= 11 is 0. The molecule has 112 valence electrons. The molecule has 0 radical (unpaired) electrons. The van der Waals surface area contributed by atoms with Crippen LogP contribution in [0.4, 0.5) is 0 Å². The van der Waals surface area contributed by atoms with Crippen molar-refractivity contribution in [2.75, 3.05) is 6.54 Å². The van der Waals surface area contributed by atoms with Crippen LogP contribution in [0.15, 0.2) is 18.2 Å². The van der Waals surface area contributed by atoms with E-state index in [1.54, 1.807) is 0 Å². The third kappa shape index (κ3) is 3.85. The molecule has 1 fully saturated rings. The summed E-state index contributed by atoms with van der Waals surface area (Å²) < 4.78 is 0. The third-order valence-electron chi connectivity index (χ3n) is 4.92. The zero-order chi connectivity index (χ0) is 14.5. The number of hydrogen-bond donors (Lipinski definition) is 1. The molecule has 1 atom stereocenters. The predicted octanol–water partition coefficient (Wildman–Crippen LogP) is 5.17. The van der Waals surface area contributed by atoms with Gasteiger partial charge in [-0.05, 0) is 62.6 Å². The van der Waals surface area contributed by atoms with Crippen LogP contribution in [0.25, 0.3) is 0 Å². The van der Waals surface area contributed by atoms with Crippen molar-refractivity contribution >= 4 is 0 Å². The summed E-state index contributed by atoms with van der Waals surface area (Å²) in [6.07, 6.45) is 6.79. The summed E-state index contributed by atoms with van der Waals surface area (Å²) in [6.45, 7) is 10.3.